The Kier molecular flexibility index (Phi) is 5.50. The highest BCUT2D eigenvalue weighted by Crippen LogP contribution is 2.25. The van der Waals surface area contributed by atoms with Crippen molar-refractivity contribution in [1.82, 2.24) is 23.7 Å². The molecule has 0 atom stereocenters. The molecule has 5 rings (SSSR count). The summed E-state index contributed by atoms with van der Waals surface area (Å²) in [5, 5.41) is 6.27. The number of anilines is 5. The molecule has 164 valence electrons. The number of fused-ring (bicyclic) bond motifs is 1. The number of sulfonamides is 1. The highest BCUT2D eigenvalue weighted by Gasteiger charge is 2.19. The number of nitrogens with one attached hydrogen (secondary N) is 3. The van der Waals surface area contributed by atoms with Gasteiger partial charge < -0.3 is 10.6 Å². The van der Waals surface area contributed by atoms with Crippen LogP contribution in [0.1, 0.15) is 0 Å². The summed E-state index contributed by atoms with van der Waals surface area (Å²) in [6, 6.07) is 19.0. The summed E-state index contributed by atoms with van der Waals surface area (Å²) in [5.41, 5.74) is 2.04. The van der Waals surface area contributed by atoms with Crippen molar-refractivity contribution < 1.29 is 8.42 Å². The first-order valence-electron chi connectivity index (χ1n) is 9.68. The Morgan fingerprint density at radius 3 is 2.30 bits per heavy atom. The number of benzene rings is 2. The van der Waals surface area contributed by atoms with Crippen molar-refractivity contribution in [3.8, 4) is 0 Å². The van der Waals surface area contributed by atoms with Crippen molar-refractivity contribution >= 4 is 61.6 Å². The van der Waals surface area contributed by atoms with E-state index in [9.17, 15) is 8.42 Å². The van der Waals surface area contributed by atoms with Crippen LogP contribution in [-0.4, -0.2) is 32.1 Å². The van der Waals surface area contributed by atoms with Crippen LogP contribution in [0.2, 0.25) is 0 Å². The van der Waals surface area contributed by atoms with Gasteiger partial charge in [-0.1, -0.05) is 12.1 Å². The van der Waals surface area contributed by atoms with E-state index in [-0.39, 0.29) is 4.90 Å². The fourth-order valence-electron chi connectivity index (χ4n) is 3.04. The lowest BCUT2D eigenvalue weighted by molar-refractivity contribution is 0.602. The maximum atomic E-state index is 12.9. The highest BCUT2D eigenvalue weighted by atomic mass is 32.2. The molecular weight excluding hydrogens is 460 g/mol. The van der Waals surface area contributed by atoms with Gasteiger partial charge in [0.1, 0.15) is 39.7 Å². The van der Waals surface area contributed by atoms with Crippen LogP contribution < -0.4 is 15.4 Å². The molecule has 12 heteroatoms. The Hall–Kier alpha value is -4.16. The average Bonchev–Trinajstić information content (AvgIpc) is 3.30. The van der Waals surface area contributed by atoms with Crippen molar-refractivity contribution in [2.45, 2.75) is 4.90 Å². The number of nitrogens with zero attached hydrogens (tertiary/aromatic N) is 5. The first-order chi connectivity index (χ1) is 16.1. The van der Waals surface area contributed by atoms with Gasteiger partial charge in [0.25, 0.3) is 10.0 Å². The van der Waals surface area contributed by atoms with Crippen molar-refractivity contribution in [2.75, 3.05) is 15.4 Å². The third-order valence-electron chi connectivity index (χ3n) is 4.54. The largest absolute Gasteiger partial charge is 0.340 e. The minimum Gasteiger partial charge on any atom is -0.340 e. The van der Waals surface area contributed by atoms with Crippen LogP contribution in [0.4, 0.5) is 28.8 Å². The Morgan fingerprint density at radius 1 is 0.727 bits per heavy atom. The summed E-state index contributed by atoms with van der Waals surface area (Å²) in [5.74, 6) is 1.82. The highest BCUT2D eigenvalue weighted by molar-refractivity contribution is 7.93. The summed E-state index contributed by atoms with van der Waals surface area (Å²) in [6.45, 7) is 0. The molecule has 10 nitrogen and oxygen atoms in total. The van der Waals surface area contributed by atoms with Crippen molar-refractivity contribution in [3.63, 3.8) is 0 Å². The van der Waals surface area contributed by atoms with Gasteiger partial charge >= 0.3 is 0 Å². The summed E-state index contributed by atoms with van der Waals surface area (Å²) in [4.78, 5) is 12.7. The van der Waals surface area contributed by atoms with Gasteiger partial charge in [-0.05, 0) is 48.5 Å². The number of aromatic nitrogens is 5. The summed E-state index contributed by atoms with van der Waals surface area (Å²) in [6.07, 6.45) is 3.12. The second-order valence-electron chi connectivity index (χ2n) is 6.82. The summed E-state index contributed by atoms with van der Waals surface area (Å²) < 4.78 is 36.5. The molecule has 0 aliphatic rings. The maximum absolute atomic E-state index is 12.9. The molecule has 0 unspecified atom stereocenters. The molecule has 3 aromatic heterocycles. The van der Waals surface area contributed by atoms with E-state index in [4.69, 9.17) is 0 Å². The molecule has 5 aromatic rings. The zero-order chi connectivity index (χ0) is 22.7. The molecule has 33 heavy (non-hydrogen) atoms. The Bertz CT molecular complexity index is 1510. The molecule has 0 saturated heterocycles. The fraction of sp³-hybridized carbons (Fsp3) is 0. The van der Waals surface area contributed by atoms with Crippen LogP contribution in [0.15, 0.2) is 84.1 Å². The number of hydrogen-bond donors (Lipinski definition) is 3. The van der Waals surface area contributed by atoms with Gasteiger partial charge in [-0.15, -0.1) is 0 Å². The van der Waals surface area contributed by atoms with E-state index in [1.54, 1.807) is 48.7 Å². The first kappa shape index (κ1) is 20.7. The van der Waals surface area contributed by atoms with Crippen LogP contribution in [-0.2, 0) is 10.0 Å². The van der Waals surface area contributed by atoms with Gasteiger partial charge in [0.2, 0.25) is 0 Å². The molecule has 2 aromatic carbocycles. The normalized spacial score (nSPS) is 11.3. The van der Waals surface area contributed by atoms with Crippen molar-refractivity contribution in [3.05, 3.63) is 79.3 Å². The van der Waals surface area contributed by atoms with E-state index in [0.29, 0.717) is 34.2 Å². The molecule has 0 radical (unpaired) electrons. The lowest BCUT2D eigenvalue weighted by atomic mass is 10.3. The zero-order valence-electron chi connectivity index (χ0n) is 16.9. The minimum absolute atomic E-state index is 0.0878. The van der Waals surface area contributed by atoms with Crippen LogP contribution in [0.25, 0.3) is 11.0 Å². The van der Waals surface area contributed by atoms with Crippen LogP contribution in [0, 0.1) is 0 Å². The van der Waals surface area contributed by atoms with E-state index >= 15 is 0 Å². The predicted octanol–water partition coefficient (Wildman–Crippen LogP) is 4.16. The van der Waals surface area contributed by atoms with E-state index < -0.39 is 10.0 Å². The maximum Gasteiger partial charge on any atom is 0.264 e. The van der Waals surface area contributed by atoms with E-state index in [0.717, 1.165) is 17.4 Å². The predicted molar refractivity (Wildman–Crippen MR) is 127 cm³/mol. The monoisotopic (exact) mass is 476 g/mol. The van der Waals surface area contributed by atoms with Gasteiger partial charge in [-0.2, -0.15) is 8.75 Å². The molecule has 0 aliphatic heterocycles. The second kappa shape index (κ2) is 8.76. The Balaban J connectivity index is 1.29. The first-order valence-corrected chi connectivity index (χ1v) is 11.9. The molecule has 0 bridgehead atoms. The molecule has 3 N–H and O–H groups in total. The summed E-state index contributed by atoms with van der Waals surface area (Å²) in [7, 11) is -3.82. The van der Waals surface area contributed by atoms with Gasteiger partial charge in [0, 0.05) is 23.6 Å². The lowest BCUT2D eigenvalue weighted by Crippen LogP contribution is -2.13. The number of rotatable bonds is 7. The van der Waals surface area contributed by atoms with E-state index in [1.165, 1.54) is 12.4 Å². The smallest absolute Gasteiger partial charge is 0.264 e. The molecule has 0 spiro atoms. The van der Waals surface area contributed by atoms with Crippen molar-refractivity contribution in [1.29, 1.82) is 0 Å². The molecule has 0 fully saturated rings. The molecule has 0 aliphatic carbocycles. The van der Waals surface area contributed by atoms with E-state index in [2.05, 4.69) is 39.1 Å². The summed E-state index contributed by atoms with van der Waals surface area (Å²) >= 11 is 0.975. The third-order valence-corrected chi connectivity index (χ3v) is 6.49. The van der Waals surface area contributed by atoms with Crippen molar-refractivity contribution in [2.24, 2.45) is 0 Å². The number of pyridine rings is 1. The standard InChI is InChI=1S/C21H16N8O2S2/c30-33(31,17-5-3-4-16-21(17)28-32-27-16)29-15-9-7-14(8-10-15)25-19-12-20(24-13-23-19)26-18-6-1-2-11-22-18/h1-13,29H,(H2,22,23,24,25,26). The Morgan fingerprint density at radius 2 is 1.52 bits per heavy atom. The Labute approximate surface area is 193 Å². The average molecular weight is 477 g/mol. The van der Waals surface area contributed by atoms with Crippen LogP contribution >= 0.6 is 11.7 Å². The fourth-order valence-corrected chi connectivity index (χ4v) is 4.87. The molecular formula is C21H16N8O2S2. The van der Waals surface area contributed by atoms with Crippen LogP contribution in [0.5, 0.6) is 0 Å². The second-order valence-corrected chi connectivity index (χ2v) is 9.00. The third kappa shape index (κ3) is 4.71. The quantitative estimate of drug-likeness (QED) is 0.316. The van der Waals surface area contributed by atoms with Gasteiger partial charge in [-0.25, -0.2) is 23.4 Å². The molecule has 3 heterocycles. The minimum atomic E-state index is -3.82. The topological polar surface area (TPSA) is 135 Å². The number of hydrogen-bond acceptors (Lipinski definition) is 10. The molecule has 0 amide bonds. The van der Waals surface area contributed by atoms with Gasteiger partial charge in [0.15, 0.2) is 0 Å². The SMILES string of the molecule is O=S(=O)(Nc1ccc(Nc2cc(Nc3ccccn3)ncn2)cc1)c1cccc2nsnc12. The van der Waals surface area contributed by atoms with E-state index in [1.807, 2.05) is 18.2 Å². The van der Waals surface area contributed by atoms with Crippen LogP contribution in [0.3, 0.4) is 0 Å². The molecule has 0 saturated carbocycles. The van der Waals surface area contributed by atoms with Gasteiger partial charge in [0.05, 0.1) is 11.7 Å². The van der Waals surface area contributed by atoms with Gasteiger partial charge in [-0.3, -0.25) is 4.72 Å². The lowest BCUT2D eigenvalue weighted by Gasteiger charge is -2.11. The zero-order valence-corrected chi connectivity index (χ0v) is 18.5.